The highest BCUT2D eigenvalue weighted by Gasteiger charge is 2.16. The molecule has 2 heterocycles. The Morgan fingerprint density at radius 1 is 1.47 bits per heavy atom. The normalized spacial score (nSPS) is 11.1. The molecule has 2 rings (SSSR count). The Kier molecular flexibility index (Phi) is 3.63. The maximum Gasteiger partial charge on any atom is 0.149 e. The van der Waals surface area contributed by atoms with E-state index in [1.165, 1.54) is 11.5 Å². The van der Waals surface area contributed by atoms with Crippen LogP contribution in [-0.4, -0.2) is 15.9 Å². The van der Waals surface area contributed by atoms with Crippen LogP contribution in [0.3, 0.4) is 0 Å². The molecule has 0 fully saturated rings. The molecule has 0 saturated carbocycles. The second-order valence-electron chi connectivity index (χ2n) is 4.34. The minimum absolute atomic E-state index is 0.565. The number of nitrogens with zero attached hydrogens (tertiary/aromatic N) is 2. The van der Waals surface area contributed by atoms with Crippen LogP contribution >= 0.6 is 22.9 Å². The Morgan fingerprint density at radius 2 is 2.24 bits per heavy atom. The van der Waals surface area contributed by atoms with Gasteiger partial charge in [-0.3, -0.25) is 0 Å². The average molecular weight is 268 g/mol. The van der Waals surface area contributed by atoms with Crippen molar-refractivity contribution in [3.63, 3.8) is 0 Å². The third kappa shape index (κ3) is 2.76. The molecule has 2 aromatic rings. The van der Waals surface area contributed by atoms with Crippen molar-refractivity contribution in [3.8, 4) is 10.6 Å². The van der Waals surface area contributed by atoms with Gasteiger partial charge in [0.25, 0.3) is 0 Å². The minimum atomic E-state index is 0.565. The first-order valence-electron chi connectivity index (χ1n) is 5.49. The predicted octanol–water partition coefficient (Wildman–Crippen LogP) is 3.23. The summed E-state index contributed by atoms with van der Waals surface area (Å²) in [6.07, 6.45) is 0. The summed E-state index contributed by atoms with van der Waals surface area (Å²) < 4.78 is 4.20. The molecule has 4 nitrogen and oxygen atoms in total. The summed E-state index contributed by atoms with van der Waals surface area (Å²) >= 11 is 3.01. The summed E-state index contributed by atoms with van der Waals surface area (Å²) in [5.74, 6) is 1.15. The third-order valence-corrected chi connectivity index (χ3v) is 4.02. The lowest BCUT2D eigenvalue weighted by atomic mass is 10.2. The Labute approximate surface area is 109 Å². The van der Waals surface area contributed by atoms with Gasteiger partial charge in [-0.15, -0.1) is 11.3 Å². The molecule has 0 spiro atoms. The molecule has 0 bridgehead atoms. The molecular formula is C11H16N4S2. The number of nitrogen functional groups attached to an aromatic ring is 1. The highest BCUT2D eigenvalue weighted by molar-refractivity contribution is 7.15. The monoisotopic (exact) mass is 268 g/mol. The van der Waals surface area contributed by atoms with E-state index in [1.807, 2.05) is 12.3 Å². The zero-order valence-corrected chi connectivity index (χ0v) is 11.8. The van der Waals surface area contributed by atoms with Gasteiger partial charge >= 0.3 is 0 Å². The van der Waals surface area contributed by atoms with Crippen LogP contribution in [0.1, 0.15) is 19.5 Å². The van der Waals surface area contributed by atoms with E-state index in [0.29, 0.717) is 11.7 Å². The average Bonchev–Trinajstić information content (AvgIpc) is 2.82. The zero-order valence-electron chi connectivity index (χ0n) is 10.2. The van der Waals surface area contributed by atoms with E-state index in [0.717, 1.165) is 27.8 Å². The van der Waals surface area contributed by atoms with Crippen molar-refractivity contribution in [2.24, 2.45) is 5.92 Å². The van der Waals surface area contributed by atoms with Crippen LogP contribution in [0.2, 0.25) is 0 Å². The van der Waals surface area contributed by atoms with Gasteiger partial charge in [0, 0.05) is 17.6 Å². The first-order valence-corrected chi connectivity index (χ1v) is 7.14. The number of thiazole rings is 1. The molecule has 6 heteroatoms. The van der Waals surface area contributed by atoms with E-state index in [1.54, 1.807) is 11.3 Å². The van der Waals surface area contributed by atoms with Gasteiger partial charge in [0.05, 0.1) is 5.56 Å². The van der Waals surface area contributed by atoms with E-state index in [9.17, 15) is 0 Å². The van der Waals surface area contributed by atoms with Crippen LogP contribution in [0.15, 0.2) is 5.38 Å². The molecular weight excluding hydrogens is 252 g/mol. The maximum atomic E-state index is 5.92. The topological polar surface area (TPSA) is 63.8 Å². The van der Waals surface area contributed by atoms with E-state index in [-0.39, 0.29) is 0 Å². The van der Waals surface area contributed by atoms with Crippen molar-refractivity contribution < 1.29 is 0 Å². The van der Waals surface area contributed by atoms with Gasteiger partial charge in [0.2, 0.25) is 0 Å². The zero-order chi connectivity index (χ0) is 12.4. The fourth-order valence-corrected chi connectivity index (χ4v) is 3.04. The highest BCUT2D eigenvalue weighted by atomic mass is 32.1. The van der Waals surface area contributed by atoms with Crippen molar-refractivity contribution >= 4 is 33.7 Å². The predicted molar refractivity (Wildman–Crippen MR) is 75.7 cm³/mol. The van der Waals surface area contributed by atoms with Crippen LogP contribution in [0.5, 0.6) is 0 Å². The van der Waals surface area contributed by atoms with Crippen molar-refractivity contribution in [2.75, 3.05) is 17.6 Å². The fraction of sp³-hybridized carbons (Fsp3) is 0.455. The summed E-state index contributed by atoms with van der Waals surface area (Å²) in [6, 6.07) is 0. The number of aromatic nitrogens is 2. The van der Waals surface area contributed by atoms with E-state index in [2.05, 4.69) is 28.5 Å². The molecule has 0 aliphatic heterocycles. The Hall–Kier alpha value is -1.14. The van der Waals surface area contributed by atoms with Crippen molar-refractivity contribution in [1.29, 1.82) is 0 Å². The second-order valence-corrected chi connectivity index (χ2v) is 5.97. The Morgan fingerprint density at radius 3 is 2.82 bits per heavy atom. The summed E-state index contributed by atoms with van der Waals surface area (Å²) in [7, 11) is 0. The van der Waals surface area contributed by atoms with E-state index >= 15 is 0 Å². The molecule has 0 amide bonds. The minimum Gasteiger partial charge on any atom is -0.382 e. The van der Waals surface area contributed by atoms with Crippen LogP contribution < -0.4 is 11.1 Å². The largest absolute Gasteiger partial charge is 0.382 e. The molecule has 3 N–H and O–H groups in total. The fourth-order valence-electron chi connectivity index (χ4n) is 1.40. The Bertz CT molecular complexity index is 501. The molecule has 0 aromatic carbocycles. The molecule has 0 radical (unpaired) electrons. The van der Waals surface area contributed by atoms with E-state index in [4.69, 9.17) is 5.73 Å². The van der Waals surface area contributed by atoms with Gasteiger partial charge in [0.1, 0.15) is 15.8 Å². The van der Waals surface area contributed by atoms with Gasteiger partial charge in [-0.1, -0.05) is 13.8 Å². The Balaban J connectivity index is 2.29. The number of anilines is 2. The molecule has 92 valence electrons. The number of aryl methyl sites for hydroxylation is 1. The lowest BCUT2D eigenvalue weighted by Crippen LogP contribution is -2.07. The standard InChI is InChI=1S/C11H16N4S2/c1-6(2)4-13-10-8(9(12)15-17-10)11-14-7(3)5-16-11/h5-6,13H,4H2,1-3H3,(H2,12,15). The van der Waals surface area contributed by atoms with Crippen molar-refractivity contribution in [2.45, 2.75) is 20.8 Å². The summed E-state index contributed by atoms with van der Waals surface area (Å²) in [5, 5.41) is 7.37. The van der Waals surface area contributed by atoms with Gasteiger partial charge < -0.3 is 11.1 Å². The second kappa shape index (κ2) is 5.01. The number of hydrogen-bond acceptors (Lipinski definition) is 6. The quantitative estimate of drug-likeness (QED) is 0.893. The summed E-state index contributed by atoms with van der Waals surface area (Å²) in [4.78, 5) is 4.47. The highest BCUT2D eigenvalue weighted by Crippen LogP contribution is 2.38. The van der Waals surface area contributed by atoms with Crippen LogP contribution in [0.4, 0.5) is 10.8 Å². The first kappa shape index (κ1) is 12.3. The number of rotatable bonds is 4. The van der Waals surface area contributed by atoms with Gasteiger partial charge in [0.15, 0.2) is 0 Å². The van der Waals surface area contributed by atoms with Crippen molar-refractivity contribution in [1.82, 2.24) is 9.36 Å². The van der Waals surface area contributed by atoms with Crippen LogP contribution in [-0.2, 0) is 0 Å². The number of nitrogens with one attached hydrogen (secondary N) is 1. The van der Waals surface area contributed by atoms with Gasteiger partial charge in [-0.05, 0) is 24.4 Å². The van der Waals surface area contributed by atoms with Crippen LogP contribution in [0.25, 0.3) is 10.6 Å². The molecule has 0 aliphatic carbocycles. The third-order valence-electron chi connectivity index (χ3n) is 2.22. The lowest BCUT2D eigenvalue weighted by molar-refractivity contribution is 0.690. The SMILES string of the molecule is Cc1csc(-c2c(N)nsc2NCC(C)C)n1. The summed E-state index contributed by atoms with van der Waals surface area (Å²) in [6.45, 7) is 7.24. The maximum absolute atomic E-state index is 5.92. The molecule has 0 saturated heterocycles. The van der Waals surface area contributed by atoms with Gasteiger partial charge in [-0.25, -0.2) is 4.98 Å². The van der Waals surface area contributed by atoms with Crippen molar-refractivity contribution in [3.05, 3.63) is 11.1 Å². The number of nitrogens with two attached hydrogens (primary N) is 1. The molecule has 17 heavy (non-hydrogen) atoms. The smallest absolute Gasteiger partial charge is 0.149 e. The lowest BCUT2D eigenvalue weighted by Gasteiger charge is -2.07. The van der Waals surface area contributed by atoms with E-state index < -0.39 is 0 Å². The summed E-state index contributed by atoms with van der Waals surface area (Å²) in [5.41, 5.74) is 7.89. The number of hydrogen-bond donors (Lipinski definition) is 2. The molecule has 0 atom stereocenters. The molecule has 2 aromatic heterocycles. The van der Waals surface area contributed by atoms with Crippen LogP contribution in [0, 0.1) is 12.8 Å². The van der Waals surface area contributed by atoms with Gasteiger partial charge in [-0.2, -0.15) is 4.37 Å². The molecule has 0 unspecified atom stereocenters. The molecule has 0 aliphatic rings. The first-order chi connectivity index (χ1) is 8.08.